The summed E-state index contributed by atoms with van der Waals surface area (Å²) in [4.78, 5) is 24.7. The van der Waals surface area contributed by atoms with Crippen LogP contribution in [0.4, 0.5) is 11.4 Å². The maximum absolute atomic E-state index is 13.3. The monoisotopic (exact) mass is 426 g/mol. The third-order valence-electron chi connectivity index (χ3n) is 5.06. The Balaban J connectivity index is 1.65. The first kappa shape index (κ1) is 18.0. The summed E-state index contributed by atoms with van der Waals surface area (Å²) in [7, 11) is 3.80. The lowest BCUT2D eigenvalue weighted by atomic mass is 10.1. The molecule has 1 amide bonds. The van der Waals surface area contributed by atoms with E-state index in [1.165, 1.54) is 0 Å². The fraction of sp³-hybridized carbons (Fsp3) is 0.150. The summed E-state index contributed by atoms with van der Waals surface area (Å²) < 4.78 is 1.74. The molecule has 1 aliphatic rings. The summed E-state index contributed by atoms with van der Waals surface area (Å²) in [6.07, 6.45) is 5.30. The number of aryl methyl sites for hydroxylation is 1. The molecule has 0 fully saturated rings. The first-order valence-electron chi connectivity index (χ1n) is 8.92. The normalized spacial score (nSPS) is 14.0. The molecule has 5 rings (SSSR count). The van der Waals surface area contributed by atoms with Gasteiger partial charge < -0.3 is 9.88 Å². The number of aromatic nitrogens is 4. The van der Waals surface area contributed by atoms with Crippen LogP contribution in [-0.4, -0.2) is 39.4 Å². The van der Waals surface area contributed by atoms with Gasteiger partial charge in [-0.1, -0.05) is 29.3 Å². The predicted molar refractivity (Wildman–Crippen MR) is 115 cm³/mol. The van der Waals surface area contributed by atoms with Gasteiger partial charge in [-0.2, -0.15) is 5.10 Å². The molecule has 1 N–H and O–H groups in total. The molecular formula is C20H16Cl2N6O. The number of carbonyl (C=O) groups is 1. The fourth-order valence-corrected chi connectivity index (χ4v) is 4.36. The van der Waals surface area contributed by atoms with Crippen molar-refractivity contribution >= 4 is 51.5 Å². The van der Waals surface area contributed by atoms with Crippen molar-refractivity contribution in [2.24, 2.45) is 7.05 Å². The number of hydrogen-bond donors (Lipinski definition) is 1. The van der Waals surface area contributed by atoms with Crippen LogP contribution < -0.4 is 9.80 Å². The predicted octanol–water partition coefficient (Wildman–Crippen LogP) is 4.32. The van der Waals surface area contributed by atoms with Crippen molar-refractivity contribution in [3.8, 4) is 11.3 Å². The quantitative estimate of drug-likeness (QED) is 0.517. The highest BCUT2D eigenvalue weighted by molar-refractivity contribution is 6.40. The van der Waals surface area contributed by atoms with E-state index >= 15 is 0 Å². The van der Waals surface area contributed by atoms with E-state index in [-0.39, 0.29) is 5.91 Å². The van der Waals surface area contributed by atoms with Crippen LogP contribution in [0.1, 0.15) is 10.4 Å². The molecule has 7 nitrogen and oxygen atoms in total. The molecule has 146 valence electrons. The van der Waals surface area contributed by atoms with E-state index in [9.17, 15) is 4.79 Å². The number of halogens is 2. The molecule has 0 aliphatic carbocycles. The third-order valence-corrected chi connectivity index (χ3v) is 5.67. The van der Waals surface area contributed by atoms with Crippen molar-refractivity contribution in [2.75, 3.05) is 23.5 Å². The minimum Gasteiger partial charge on any atom is -0.355 e. The number of pyridine rings is 1. The van der Waals surface area contributed by atoms with Crippen LogP contribution >= 0.6 is 23.2 Å². The molecule has 0 saturated heterocycles. The molecule has 1 aliphatic heterocycles. The van der Waals surface area contributed by atoms with Gasteiger partial charge in [0.15, 0.2) is 0 Å². The van der Waals surface area contributed by atoms with Crippen LogP contribution in [0.25, 0.3) is 22.3 Å². The van der Waals surface area contributed by atoms with Crippen LogP contribution in [0.3, 0.4) is 0 Å². The average Bonchev–Trinajstić information content (AvgIpc) is 3.30. The van der Waals surface area contributed by atoms with Gasteiger partial charge in [0.25, 0.3) is 5.91 Å². The summed E-state index contributed by atoms with van der Waals surface area (Å²) >= 11 is 12.7. The van der Waals surface area contributed by atoms with Crippen molar-refractivity contribution in [1.82, 2.24) is 19.7 Å². The van der Waals surface area contributed by atoms with E-state index in [0.29, 0.717) is 33.6 Å². The van der Waals surface area contributed by atoms with Gasteiger partial charge in [0.1, 0.15) is 5.65 Å². The van der Waals surface area contributed by atoms with Gasteiger partial charge in [0.2, 0.25) is 0 Å². The van der Waals surface area contributed by atoms with Crippen molar-refractivity contribution in [3.05, 3.63) is 58.5 Å². The van der Waals surface area contributed by atoms with Crippen LogP contribution in [0.15, 0.2) is 42.9 Å². The SMILES string of the molecule is CN1CN(c2c(Cl)cccc2Cl)C(=O)c2cnc3[nH]c(-c4cnn(C)c4)cc3c21. The molecule has 0 radical (unpaired) electrons. The fourth-order valence-electron chi connectivity index (χ4n) is 3.76. The van der Waals surface area contributed by atoms with Gasteiger partial charge in [-0.3, -0.25) is 14.4 Å². The maximum atomic E-state index is 13.3. The number of para-hydroxylation sites is 1. The minimum atomic E-state index is -0.188. The summed E-state index contributed by atoms with van der Waals surface area (Å²) in [5.41, 5.74) is 4.39. The number of carbonyl (C=O) groups excluding carboxylic acids is 1. The number of amides is 1. The number of anilines is 2. The number of rotatable bonds is 2. The molecule has 4 aromatic rings. The molecular weight excluding hydrogens is 411 g/mol. The molecule has 9 heteroatoms. The highest BCUT2D eigenvalue weighted by Crippen LogP contribution is 2.40. The number of benzene rings is 1. The van der Waals surface area contributed by atoms with Crippen LogP contribution in [0, 0.1) is 0 Å². The zero-order valence-corrected chi connectivity index (χ0v) is 17.2. The molecule has 4 heterocycles. The van der Waals surface area contributed by atoms with Gasteiger partial charge in [-0.25, -0.2) is 4.98 Å². The number of aromatic amines is 1. The lowest BCUT2D eigenvalue weighted by Crippen LogP contribution is -2.45. The van der Waals surface area contributed by atoms with Crippen molar-refractivity contribution in [1.29, 1.82) is 0 Å². The molecule has 3 aromatic heterocycles. The van der Waals surface area contributed by atoms with Crippen LogP contribution in [-0.2, 0) is 7.05 Å². The molecule has 0 atom stereocenters. The molecule has 0 saturated carbocycles. The van der Waals surface area contributed by atoms with Gasteiger partial charge >= 0.3 is 0 Å². The number of H-pyrrole nitrogens is 1. The molecule has 29 heavy (non-hydrogen) atoms. The molecule has 0 unspecified atom stereocenters. The largest absolute Gasteiger partial charge is 0.355 e. The highest BCUT2D eigenvalue weighted by Gasteiger charge is 2.33. The van der Waals surface area contributed by atoms with Crippen LogP contribution in [0.2, 0.25) is 10.0 Å². The number of fused-ring (bicyclic) bond motifs is 3. The third kappa shape index (κ3) is 2.77. The van der Waals surface area contributed by atoms with E-state index < -0.39 is 0 Å². The average molecular weight is 427 g/mol. The van der Waals surface area contributed by atoms with E-state index in [0.717, 1.165) is 22.3 Å². The Hall–Kier alpha value is -3.03. The lowest BCUT2D eigenvalue weighted by Gasteiger charge is -2.36. The number of hydrogen-bond acceptors (Lipinski definition) is 4. The maximum Gasteiger partial charge on any atom is 0.263 e. The topological polar surface area (TPSA) is 70.1 Å². The van der Waals surface area contributed by atoms with Crippen molar-refractivity contribution in [3.63, 3.8) is 0 Å². The molecule has 0 bridgehead atoms. The van der Waals surface area contributed by atoms with Gasteiger partial charge in [0.05, 0.1) is 45.5 Å². The zero-order valence-electron chi connectivity index (χ0n) is 15.6. The van der Waals surface area contributed by atoms with Gasteiger partial charge in [-0.15, -0.1) is 0 Å². The Kier molecular flexibility index (Phi) is 4.04. The molecule has 0 spiro atoms. The Morgan fingerprint density at radius 2 is 1.86 bits per heavy atom. The second-order valence-electron chi connectivity index (χ2n) is 7.01. The Morgan fingerprint density at radius 1 is 1.10 bits per heavy atom. The minimum absolute atomic E-state index is 0.188. The Labute approximate surface area is 176 Å². The second-order valence-corrected chi connectivity index (χ2v) is 7.83. The highest BCUT2D eigenvalue weighted by atomic mass is 35.5. The first-order chi connectivity index (χ1) is 13.9. The van der Waals surface area contributed by atoms with Crippen LogP contribution in [0.5, 0.6) is 0 Å². The van der Waals surface area contributed by atoms with Crippen molar-refractivity contribution in [2.45, 2.75) is 0 Å². The smallest absolute Gasteiger partial charge is 0.263 e. The van der Waals surface area contributed by atoms with E-state index in [1.54, 1.807) is 40.2 Å². The lowest BCUT2D eigenvalue weighted by molar-refractivity contribution is 0.0982. The van der Waals surface area contributed by atoms with E-state index in [2.05, 4.69) is 15.1 Å². The number of nitrogens with one attached hydrogen (secondary N) is 1. The first-order valence-corrected chi connectivity index (χ1v) is 9.67. The Morgan fingerprint density at radius 3 is 2.55 bits per heavy atom. The second kappa shape index (κ2) is 6.50. The molecule has 1 aromatic carbocycles. The Bertz CT molecular complexity index is 1260. The van der Waals surface area contributed by atoms with E-state index in [4.69, 9.17) is 23.2 Å². The summed E-state index contributed by atoms with van der Waals surface area (Å²) in [5.74, 6) is -0.188. The van der Waals surface area contributed by atoms with E-state index in [1.807, 2.05) is 31.3 Å². The van der Waals surface area contributed by atoms with Crippen molar-refractivity contribution < 1.29 is 4.79 Å². The zero-order chi connectivity index (χ0) is 20.3. The van der Waals surface area contributed by atoms with Gasteiger partial charge in [0, 0.05) is 37.4 Å². The summed E-state index contributed by atoms with van der Waals surface area (Å²) in [6.45, 7) is 0.321. The number of nitrogens with zero attached hydrogens (tertiary/aromatic N) is 5. The standard InChI is InChI=1S/C20H16Cl2N6O/c1-26-10-28(18-14(21)4-3-5-15(18)22)20(29)13-8-23-19-12(17(13)26)6-16(25-19)11-7-24-27(2)9-11/h3-9H,10H2,1-2H3,(H,23,25). The van der Waals surface area contributed by atoms with Gasteiger partial charge in [-0.05, 0) is 18.2 Å². The summed E-state index contributed by atoms with van der Waals surface area (Å²) in [6, 6.07) is 7.20. The summed E-state index contributed by atoms with van der Waals surface area (Å²) in [5, 5.41) is 5.95.